The van der Waals surface area contributed by atoms with Crippen LogP contribution in [0.3, 0.4) is 0 Å². The summed E-state index contributed by atoms with van der Waals surface area (Å²) in [5.41, 5.74) is 0.495. The summed E-state index contributed by atoms with van der Waals surface area (Å²) in [5.74, 6) is 0. The van der Waals surface area contributed by atoms with Crippen molar-refractivity contribution in [3.8, 4) is 0 Å². The van der Waals surface area contributed by atoms with E-state index in [4.69, 9.17) is 9.05 Å². The Morgan fingerprint density at radius 3 is 2.14 bits per heavy atom. The van der Waals surface area contributed by atoms with Crippen LogP contribution in [0.25, 0.3) is 0 Å². The lowest BCUT2D eigenvalue weighted by atomic mass is 10.1. The summed E-state index contributed by atoms with van der Waals surface area (Å²) >= 11 is 0. The molecular weight excluding hydrogens is 287 g/mol. The molecule has 0 saturated carbocycles. The van der Waals surface area contributed by atoms with E-state index in [1.807, 2.05) is 6.07 Å². The van der Waals surface area contributed by atoms with Gasteiger partial charge in [0, 0.05) is 5.56 Å². The molecule has 0 radical (unpaired) electrons. The van der Waals surface area contributed by atoms with Crippen LogP contribution in [0.5, 0.6) is 0 Å². The first-order valence-electron chi connectivity index (χ1n) is 6.76. The van der Waals surface area contributed by atoms with Crippen LogP contribution in [0, 0.1) is 6.92 Å². The van der Waals surface area contributed by atoms with Crippen LogP contribution in [-0.2, 0) is 13.6 Å². The van der Waals surface area contributed by atoms with Gasteiger partial charge >= 0.3 is 7.60 Å². The van der Waals surface area contributed by atoms with Crippen LogP contribution in [0.15, 0.2) is 49.6 Å². The fraction of sp³-hybridized carbons (Fsp3) is 0.312. The van der Waals surface area contributed by atoms with Crippen molar-refractivity contribution in [2.75, 3.05) is 13.2 Å². The third kappa shape index (κ3) is 5.09. The van der Waals surface area contributed by atoms with E-state index in [-0.39, 0.29) is 13.2 Å². The lowest BCUT2D eigenvalue weighted by molar-refractivity contribution is 0.0995. The van der Waals surface area contributed by atoms with Gasteiger partial charge in [0.15, 0.2) is 0 Å². The quantitative estimate of drug-likeness (QED) is 0.362. The van der Waals surface area contributed by atoms with E-state index >= 15 is 0 Å². The molecule has 0 aliphatic heterocycles. The van der Waals surface area contributed by atoms with Crippen LogP contribution in [0.4, 0.5) is 0 Å². The van der Waals surface area contributed by atoms with Gasteiger partial charge in [-0.15, -0.1) is 13.2 Å². The highest BCUT2D eigenvalue weighted by Gasteiger charge is 2.36. The van der Waals surface area contributed by atoms with Gasteiger partial charge in [-0.3, -0.25) is 9.36 Å². The maximum absolute atomic E-state index is 12.8. The van der Waals surface area contributed by atoms with Crippen molar-refractivity contribution in [2.45, 2.75) is 19.8 Å². The molecule has 4 nitrogen and oxygen atoms in total. The predicted octanol–water partition coefficient (Wildman–Crippen LogP) is 4.51. The number of aryl methyl sites for hydroxylation is 1. The lowest BCUT2D eigenvalue weighted by Crippen LogP contribution is -2.10. The number of carbonyl (C=O) groups excluding carboxylic acids is 1. The van der Waals surface area contributed by atoms with E-state index in [0.29, 0.717) is 18.4 Å². The van der Waals surface area contributed by atoms with Crippen molar-refractivity contribution in [1.82, 2.24) is 0 Å². The Bertz CT molecular complexity index is 533. The van der Waals surface area contributed by atoms with Gasteiger partial charge in [0.2, 0.25) is 0 Å². The van der Waals surface area contributed by atoms with Gasteiger partial charge in [0.25, 0.3) is 5.52 Å². The summed E-state index contributed by atoms with van der Waals surface area (Å²) < 4.78 is 23.3. The summed E-state index contributed by atoms with van der Waals surface area (Å²) in [6.07, 6.45) is 4.25. The van der Waals surface area contributed by atoms with Crippen LogP contribution in [-0.4, -0.2) is 18.7 Å². The van der Waals surface area contributed by atoms with E-state index in [2.05, 4.69) is 13.2 Å². The molecule has 114 valence electrons. The molecule has 0 bridgehead atoms. The SMILES string of the molecule is C=CCCOP(=O)(OCCC=C)C(=O)c1ccccc1C. The Labute approximate surface area is 126 Å². The normalized spacial score (nSPS) is 11.1. The Balaban J connectivity index is 2.96. The van der Waals surface area contributed by atoms with Crippen LogP contribution < -0.4 is 0 Å². The molecule has 0 aromatic heterocycles. The van der Waals surface area contributed by atoms with Crippen LogP contribution in [0.1, 0.15) is 28.8 Å². The molecular formula is C16H21O4P. The van der Waals surface area contributed by atoms with Gasteiger partial charge in [-0.25, -0.2) is 0 Å². The number of carbonyl (C=O) groups is 1. The maximum Gasteiger partial charge on any atom is 0.401 e. The zero-order chi connectivity index (χ0) is 15.7. The van der Waals surface area contributed by atoms with Gasteiger partial charge in [-0.05, 0) is 25.3 Å². The third-order valence-corrected chi connectivity index (χ3v) is 4.57. The summed E-state index contributed by atoms with van der Waals surface area (Å²) in [7, 11) is -3.85. The molecule has 0 aliphatic rings. The fourth-order valence-electron chi connectivity index (χ4n) is 1.63. The molecule has 0 fully saturated rings. The molecule has 0 heterocycles. The van der Waals surface area contributed by atoms with Gasteiger partial charge in [0.1, 0.15) is 0 Å². The molecule has 0 spiro atoms. The van der Waals surface area contributed by atoms with Crippen molar-refractivity contribution in [1.29, 1.82) is 0 Å². The van der Waals surface area contributed by atoms with Crippen LogP contribution in [0.2, 0.25) is 0 Å². The first-order chi connectivity index (χ1) is 10.0. The predicted molar refractivity (Wildman–Crippen MR) is 84.6 cm³/mol. The first kappa shape index (κ1) is 17.6. The average Bonchev–Trinajstić information content (AvgIpc) is 2.47. The number of rotatable bonds is 10. The van der Waals surface area contributed by atoms with Gasteiger partial charge in [-0.1, -0.05) is 36.4 Å². The number of benzene rings is 1. The third-order valence-electron chi connectivity index (χ3n) is 2.79. The molecule has 0 N–H and O–H groups in total. The van der Waals surface area contributed by atoms with E-state index in [9.17, 15) is 9.36 Å². The minimum absolute atomic E-state index is 0.131. The molecule has 5 heteroatoms. The largest absolute Gasteiger partial charge is 0.401 e. The van der Waals surface area contributed by atoms with Crippen LogP contribution >= 0.6 is 7.60 Å². The average molecular weight is 308 g/mol. The molecule has 0 saturated heterocycles. The molecule has 0 aliphatic carbocycles. The molecule has 0 atom stereocenters. The monoisotopic (exact) mass is 308 g/mol. The van der Waals surface area contributed by atoms with Crippen molar-refractivity contribution in [2.24, 2.45) is 0 Å². The standard InChI is InChI=1S/C16H21O4P/c1-4-6-12-19-21(18,20-13-7-5-2)16(17)15-11-9-8-10-14(15)3/h4-5,8-11H,1-2,6-7,12-13H2,3H3. The molecule has 0 unspecified atom stereocenters. The summed E-state index contributed by atoms with van der Waals surface area (Å²) in [4.78, 5) is 12.5. The lowest BCUT2D eigenvalue weighted by Gasteiger charge is -2.17. The van der Waals surface area contributed by atoms with E-state index in [1.54, 1.807) is 37.3 Å². The van der Waals surface area contributed by atoms with E-state index in [0.717, 1.165) is 5.56 Å². The second-order valence-electron chi connectivity index (χ2n) is 4.44. The maximum atomic E-state index is 12.8. The zero-order valence-corrected chi connectivity index (χ0v) is 13.2. The fourth-order valence-corrected chi connectivity index (χ4v) is 3.17. The van der Waals surface area contributed by atoms with Gasteiger partial charge in [0.05, 0.1) is 13.2 Å². The minimum Gasteiger partial charge on any atom is -0.303 e. The van der Waals surface area contributed by atoms with Crippen molar-refractivity contribution in [3.63, 3.8) is 0 Å². The van der Waals surface area contributed by atoms with Gasteiger partial charge in [-0.2, -0.15) is 0 Å². The molecule has 1 aromatic rings. The topological polar surface area (TPSA) is 52.6 Å². The van der Waals surface area contributed by atoms with Crippen molar-refractivity contribution in [3.05, 3.63) is 60.7 Å². The highest BCUT2D eigenvalue weighted by molar-refractivity contribution is 7.72. The molecule has 0 amide bonds. The molecule has 1 aromatic carbocycles. The Hall–Kier alpha value is -1.48. The second kappa shape index (κ2) is 8.73. The summed E-state index contributed by atoms with van der Waals surface area (Å²) in [5, 5.41) is 0. The summed E-state index contributed by atoms with van der Waals surface area (Å²) in [6.45, 7) is 9.17. The molecule has 21 heavy (non-hydrogen) atoms. The Kier molecular flexibility index (Phi) is 7.30. The van der Waals surface area contributed by atoms with E-state index in [1.165, 1.54) is 0 Å². The summed E-state index contributed by atoms with van der Waals surface area (Å²) in [6, 6.07) is 6.94. The van der Waals surface area contributed by atoms with Gasteiger partial charge < -0.3 is 9.05 Å². The first-order valence-corrected chi connectivity index (χ1v) is 8.31. The Morgan fingerprint density at radius 1 is 1.14 bits per heavy atom. The molecule has 1 rings (SSSR count). The Morgan fingerprint density at radius 2 is 1.67 bits per heavy atom. The van der Waals surface area contributed by atoms with Crippen molar-refractivity contribution >= 4 is 13.1 Å². The number of hydrogen-bond donors (Lipinski definition) is 0. The second-order valence-corrected chi connectivity index (χ2v) is 6.36. The highest BCUT2D eigenvalue weighted by atomic mass is 31.2. The smallest absolute Gasteiger partial charge is 0.303 e. The number of hydrogen-bond acceptors (Lipinski definition) is 4. The van der Waals surface area contributed by atoms with Crippen molar-refractivity contribution < 1.29 is 18.4 Å². The zero-order valence-electron chi connectivity index (χ0n) is 12.3. The highest BCUT2D eigenvalue weighted by Crippen LogP contribution is 2.51. The van der Waals surface area contributed by atoms with E-state index < -0.39 is 13.1 Å². The minimum atomic E-state index is -3.85.